The van der Waals surface area contributed by atoms with Crippen LogP contribution in [0.4, 0.5) is 0 Å². The summed E-state index contributed by atoms with van der Waals surface area (Å²) in [5, 5.41) is 2.92. The second kappa shape index (κ2) is 6.08. The molecule has 0 bridgehead atoms. The lowest BCUT2D eigenvalue weighted by atomic mass is 9.91. The Morgan fingerprint density at radius 1 is 1.53 bits per heavy atom. The Labute approximate surface area is 91.5 Å². The van der Waals surface area contributed by atoms with Crippen molar-refractivity contribution in [2.75, 3.05) is 13.2 Å². The van der Waals surface area contributed by atoms with Crippen LogP contribution in [0.5, 0.6) is 0 Å². The van der Waals surface area contributed by atoms with Gasteiger partial charge in [-0.05, 0) is 32.1 Å². The van der Waals surface area contributed by atoms with Gasteiger partial charge >= 0.3 is 0 Å². The van der Waals surface area contributed by atoms with Crippen LogP contribution in [-0.4, -0.2) is 31.2 Å². The zero-order chi connectivity index (χ0) is 11.3. The highest BCUT2D eigenvalue weighted by Crippen LogP contribution is 2.17. The van der Waals surface area contributed by atoms with Crippen molar-refractivity contribution in [2.24, 2.45) is 11.7 Å². The standard InChI is InChI=1S/C11H22N2O2/c1-3-8(2)13-11(14)10(12)9-4-6-15-7-5-9/h8-10H,3-7,12H2,1-2H3,(H,13,14). The number of nitrogens with two attached hydrogens (primary N) is 1. The Morgan fingerprint density at radius 2 is 2.13 bits per heavy atom. The monoisotopic (exact) mass is 214 g/mol. The van der Waals surface area contributed by atoms with Gasteiger partial charge in [0.05, 0.1) is 6.04 Å². The van der Waals surface area contributed by atoms with Gasteiger partial charge in [-0.1, -0.05) is 6.92 Å². The van der Waals surface area contributed by atoms with Gasteiger partial charge in [-0.15, -0.1) is 0 Å². The summed E-state index contributed by atoms with van der Waals surface area (Å²) in [6.45, 7) is 5.50. The van der Waals surface area contributed by atoms with E-state index in [1.54, 1.807) is 0 Å². The smallest absolute Gasteiger partial charge is 0.237 e. The van der Waals surface area contributed by atoms with Gasteiger partial charge in [0.2, 0.25) is 5.91 Å². The third kappa shape index (κ3) is 3.80. The van der Waals surface area contributed by atoms with E-state index >= 15 is 0 Å². The van der Waals surface area contributed by atoms with E-state index in [9.17, 15) is 4.79 Å². The van der Waals surface area contributed by atoms with Crippen molar-refractivity contribution in [3.05, 3.63) is 0 Å². The van der Waals surface area contributed by atoms with Gasteiger partial charge in [-0.25, -0.2) is 0 Å². The minimum absolute atomic E-state index is 0.0174. The first-order chi connectivity index (χ1) is 7.15. The maximum atomic E-state index is 11.7. The van der Waals surface area contributed by atoms with Crippen LogP contribution in [0.2, 0.25) is 0 Å². The second-order valence-corrected chi connectivity index (χ2v) is 4.29. The topological polar surface area (TPSA) is 64.4 Å². The predicted molar refractivity (Wildman–Crippen MR) is 59.4 cm³/mol. The van der Waals surface area contributed by atoms with E-state index in [2.05, 4.69) is 5.32 Å². The molecule has 4 nitrogen and oxygen atoms in total. The normalized spacial score (nSPS) is 22.1. The molecule has 2 atom stereocenters. The SMILES string of the molecule is CCC(C)NC(=O)C(N)C1CCOCC1. The Morgan fingerprint density at radius 3 is 2.67 bits per heavy atom. The third-order valence-corrected chi connectivity index (χ3v) is 3.08. The summed E-state index contributed by atoms with van der Waals surface area (Å²) in [5.74, 6) is 0.263. The van der Waals surface area contributed by atoms with Gasteiger partial charge in [0.1, 0.15) is 0 Å². The Bertz CT molecular complexity index is 203. The summed E-state index contributed by atoms with van der Waals surface area (Å²) in [5.41, 5.74) is 5.93. The first kappa shape index (κ1) is 12.5. The molecule has 88 valence electrons. The van der Waals surface area contributed by atoms with E-state index in [-0.39, 0.29) is 23.9 Å². The Kier molecular flexibility index (Phi) is 5.05. The molecular formula is C11H22N2O2. The summed E-state index contributed by atoms with van der Waals surface area (Å²) < 4.78 is 5.24. The molecule has 0 aromatic rings. The highest BCUT2D eigenvalue weighted by atomic mass is 16.5. The van der Waals surface area contributed by atoms with Crippen LogP contribution in [0.3, 0.4) is 0 Å². The maximum Gasteiger partial charge on any atom is 0.237 e. The molecule has 0 saturated carbocycles. The first-order valence-electron chi connectivity index (χ1n) is 5.78. The zero-order valence-corrected chi connectivity index (χ0v) is 9.66. The van der Waals surface area contributed by atoms with Crippen LogP contribution in [0.1, 0.15) is 33.1 Å². The molecule has 0 aromatic carbocycles. The number of rotatable bonds is 4. The molecule has 1 rings (SSSR count). The highest BCUT2D eigenvalue weighted by Gasteiger charge is 2.26. The molecule has 1 aliphatic rings. The molecule has 0 aliphatic carbocycles. The third-order valence-electron chi connectivity index (χ3n) is 3.08. The lowest BCUT2D eigenvalue weighted by molar-refractivity contribution is -0.125. The minimum Gasteiger partial charge on any atom is -0.381 e. The molecule has 2 unspecified atom stereocenters. The summed E-state index contributed by atoms with van der Waals surface area (Å²) in [6, 6.07) is -0.161. The van der Waals surface area contributed by atoms with Crippen molar-refractivity contribution in [2.45, 2.75) is 45.2 Å². The van der Waals surface area contributed by atoms with Crippen LogP contribution in [0, 0.1) is 5.92 Å². The van der Waals surface area contributed by atoms with E-state index in [0.29, 0.717) is 0 Å². The number of ether oxygens (including phenoxy) is 1. The van der Waals surface area contributed by atoms with Crippen molar-refractivity contribution >= 4 is 5.91 Å². The van der Waals surface area contributed by atoms with E-state index in [1.165, 1.54) is 0 Å². The molecule has 1 aliphatic heterocycles. The van der Waals surface area contributed by atoms with Crippen LogP contribution in [0.25, 0.3) is 0 Å². The molecule has 4 heteroatoms. The predicted octanol–water partition coefficient (Wildman–Crippen LogP) is 0.655. The van der Waals surface area contributed by atoms with Crippen LogP contribution >= 0.6 is 0 Å². The number of hydrogen-bond acceptors (Lipinski definition) is 3. The van der Waals surface area contributed by atoms with E-state index in [1.807, 2.05) is 13.8 Å². The van der Waals surface area contributed by atoms with Crippen molar-refractivity contribution in [3.8, 4) is 0 Å². The van der Waals surface area contributed by atoms with Gasteiger partial charge in [-0.3, -0.25) is 4.79 Å². The lowest BCUT2D eigenvalue weighted by Gasteiger charge is -2.27. The minimum atomic E-state index is -0.372. The summed E-state index contributed by atoms with van der Waals surface area (Å²) in [6.07, 6.45) is 2.73. The zero-order valence-electron chi connectivity index (χ0n) is 9.66. The largest absolute Gasteiger partial charge is 0.381 e. The van der Waals surface area contributed by atoms with Crippen molar-refractivity contribution < 1.29 is 9.53 Å². The van der Waals surface area contributed by atoms with Gasteiger partial charge in [0.25, 0.3) is 0 Å². The number of carbonyl (C=O) groups excluding carboxylic acids is 1. The molecular weight excluding hydrogens is 192 g/mol. The number of nitrogens with one attached hydrogen (secondary N) is 1. The second-order valence-electron chi connectivity index (χ2n) is 4.29. The molecule has 1 amide bonds. The van der Waals surface area contributed by atoms with Crippen LogP contribution < -0.4 is 11.1 Å². The Hall–Kier alpha value is -0.610. The van der Waals surface area contributed by atoms with Crippen LogP contribution in [0.15, 0.2) is 0 Å². The molecule has 0 spiro atoms. The van der Waals surface area contributed by atoms with Gasteiger partial charge in [-0.2, -0.15) is 0 Å². The fraction of sp³-hybridized carbons (Fsp3) is 0.909. The highest BCUT2D eigenvalue weighted by molar-refractivity contribution is 5.82. The average molecular weight is 214 g/mol. The molecule has 1 heterocycles. The maximum absolute atomic E-state index is 11.7. The lowest BCUT2D eigenvalue weighted by Crippen LogP contribution is -2.49. The average Bonchev–Trinajstić information content (AvgIpc) is 2.29. The molecule has 0 aromatic heterocycles. The molecule has 1 fully saturated rings. The molecule has 3 N–H and O–H groups in total. The van der Waals surface area contributed by atoms with E-state index in [0.717, 1.165) is 32.5 Å². The fourth-order valence-electron chi connectivity index (χ4n) is 1.73. The number of amides is 1. The van der Waals surface area contributed by atoms with E-state index < -0.39 is 0 Å². The molecule has 1 saturated heterocycles. The van der Waals surface area contributed by atoms with Gasteiger partial charge in [0.15, 0.2) is 0 Å². The van der Waals surface area contributed by atoms with Gasteiger partial charge < -0.3 is 15.8 Å². The number of hydrogen-bond donors (Lipinski definition) is 2. The summed E-state index contributed by atoms with van der Waals surface area (Å²) in [4.78, 5) is 11.7. The van der Waals surface area contributed by atoms with Crippen molar-refractivity contribution in [1.82, 2.24) is 5.32 Å². The van der Waals surface area contributed by atoms with Crippen molar-refractivity contribution in [1.29, 1.82) is 0 Å². The van der Waals surface area contributed by atoms with E-state index in [4.69, 9.17) is 10.5 Å². The fourth-order valence-corrected chi connectivity index (χ4v) is 1.73. The molecule has 15 heavy (non-hydrogen) atoms. The number of carbonyl (C=O) groups is 1. The molecule has 0 radical (unpaired) electrons. The van der Waals surface area contributed by atoms with Gasteiger partial charge in [0, 0.05) is 19.3 Å². The summed E-state index contributed by atoms with van der Waals surface area (Å²) >= 11 is 0. The Balaban J connectivity index is 2.37. The van der Waals surface area contributed by atoms with Crippen LogP contribution in [-0.2, 0) is 9.53 Å². The first-order valence-corrected chi connectivity index (χ1v) is 5.78. The van der Waals surface area contributed by atoms with Crippen molar-refractivity contribution in [3.63, 3.8) is 0 Å². The summed E-state index contributed by atoms with van der Waals surface area (Å²) in [7, 11) is 0. The quantitative estimate of drug-likeness (QED) is 0.722.